The second-order valence-electron chi connectivity index (χ2n) is 7.59. The van der Waals surface area contributed by atoms with Crippen molar-refractivity contribution >= 4 is 40.9 Å². The second-order valence-corrected chi connectivity index (χ2v) is 9.39. The molecule has 4 bridgehead atoms. The number of benzene rings is 1. The van der Waals surface area contributed by atoms with Crippen LogP contribution in [0.2, 0.25) is 10.0 Å². The summed E-state index contributed by atoms with van der Waals surface area (Å²) in [6.45, 7) is 0. The van der Waals surface area contributed by atoms with Crippen LogP contribution in [0.1, 0.15) is 38.5 Å². The number of nitrogens with one attached hydrogen (secondary N) is 1. The lowest BCUT2D eigenvalue weighted by Crippen LogP contribution is -2.60. The highest BCUT2D eigenvalue weighted by Gasteiger charge is 2.51. The molecule has 1 aromatic rings. The lowest BCUT2D eigenvalue weighted by Gasteiger charge is -2.56. The van der Waals surface area contributed by atoms with Gasteiger partial charge >= 0.3 is 0 Å². The van der Waals surface area contributed by atoms with Crippen molar-refractivity contribution in [1.29, 1.82) is 0 Å². The third kappa shape index (κ3) is 3.25. The summed E-state index contributed by atoms with van der Waals surface area (Å²) in [5, 5.41) is 4.62. The van der Waals surface area contributed by atoms with Gasteiger partial charge in [0.25, 0.3) is 0 Å². The number of carbonyl (C=O) groups is 1. The summed E-state index contributed by atoms with van der Waals surface area (Å²) in [5.74, 6) is 3.02. The molecule has 0 atom stereocenters. The lowest BCUT2D eigenvalue weighted by molar-refractivity contribution is -0.124. The Morgan fingerprint density at radius 1 is 1.09 bits per heavy atom. The topological polar surface area (TPSA) is 29.1 Å². The largest absolute Gasteiger partial charge is 0.350 e. The van der Waals surface area contributed by atoms with Gasteiger partial charge in [-0.2, -0.15) is 0 Å². The first-order valence-corrected chi connectivity index (χ1v) is 10.1. The van der Waals surface area contributed by atoms with Crippen molar-refractivity contribution in [2.75, 3.05) is 5.75 Å². The zero-order valence-corrected chi connectivity index (χ0v) is 15.3. The van der Waals surface area contributed by atoms with Crippen LogP contribution in [0.15, 0.2) is 23.1 Å². The average molecular weight is 370 g/mol. The molecule has 23 heavy (non-hydrogen) atoms. The summed E-state index contributed by atoms with van der Waals surface area (Å²) < 4.78 is 0. The van der Waals surface area contributed by atoms with E-state index in [1.807, 2.05) is 18.2 Å². The molecule has 4 fully saturated rings. The second kappa shape index (κ2) is 6.16. The zero-order chi connectivity index (χ0) is 16.0. The van der Waals surface area contributed by atoms with Crippen LogP contribution in [0.25, 0.3) is 0 Å². The number of hydrogen-bond donors (Lipinski definition) is 1. The predicted octanol–water partition coefficient (Wildman–Crippen LogP) is 5.17. The van der Waals surface area contributed by atoms with E-state index in [1.165, 1.54) is 50.3 Å². The maximum atomic E-state index is 12.5. The highest BCUT2D eigenvalue weighted by Crippen LogP contribution is 2.55. The van der Waals surface area contributed by atoms with E-state index >= 15 is 0 Å². The first-order valence-electron chi connectivity index (χ1n) is 8.41. The van der Waals surface area contributed by atoms with E-state index in [0.717, 1.165) is 22.6 Å². The Morgan fingerprint density at radius 3 is 2.13 bits per heavy atom. The minimum atomic E-state index is 0.0800. The molecule has 0 aromatic heterocycles. The van der Waals surface area contributed by atoms with Gasteiger partial charge in [0.2, 0.25) is 5.91 Å². The third-order valence-corrected chi connectivity index (χ3v) is 7.70. The highest BCUT2D eigenvalue weighted by molar-refractivity contribution is 8.00. The molecule has 0 heterocycles. The Hall–Kier alpha value is -0.380. The summed E-state index contributed by atoms with van der Waals surface area (Å²) in [6, 6.07) is 5.45. The SMILES string of the molecule is O=C(CSc1c(Cl)cccc1Cl)NC12CC3CC(CC(C3)C1)C2. The lowest BCUT2D eigenvalue weighted by atomic mass is 9.53. The Morgan fingerprint density at radius 2 is 1.61 bits per heavy atom. The minimum absolute atomic E-state index is 0.0800. The molecule has 124 valence electrons. The van der Waals surface area contributed by atoms with Crippen molar-refractivity contribution < 1.29 is 4.79 Å². The van der Waals surface area contributed by atoms with Crippen LogP contribution in [0, 0.1) is 17.8 Å². The molecule has 0 unspecified atom stereocenters. The predicted molar refractivity (Wildman–Crippen MR) is 96.2 cm³/mol. The van der Waals surface area contributed by atoms with Gasteiger partial charge in [0, 0.05) is 10.4 Å². The maximum Gasteiger partial charge on any atom is 0.230 e. The molecule has 0 aliphatic heterocycles. The number of thioether (sulfide) groups is 1. The van der Waals surface area contributed by atoms with Gasteiger partial charge < -0.3 is 5.32 Å². The van der Waals surface area contributed by atoms with Gasteiger partial charge in [-0.15, -0.1) is 11.8 Å². The first-order chi connectivity index (χ1) is 11.0. The fraction of sp³-hybridized carbons (Fsp3) is 0.611. The monoisotopic (exact) mass is 369 g/mol. The molecule has 4 saturated carbocycles. The van der Waals surface area contributed by atoms with Gasteiger partial charge in [-0.1, -0.05) is 29.3 Å². The maximum absolute atomic E-state index is 12.5. The fourth-order valence-corrected chi connectivity index (χ4v) is 6.84. The van der Waals surface area contributed by atoms with Crippen LogP contribution in [0.4, 0.5) is 0 Å². The molecule has 5 rings (SSSR count). The number of amides is 1. The number of carbonyl (C=O) groups excluding carboxylic acids is 1. The van der Waals surface area contributed by atoms with E-state index in [2.05, 4.69) is 5.32 Å². The first kappa shape index (κ1) is 16.1. The van der Waals surface area contributed by atoms with Gasteiger partial charge in [-0.25, -0.2) is 0 Å². The van der Waals surface area contributed by atoms with E-state index in [-0.39, 0.29) is 11.4 Å². The van der Waals surface area contributed by atoms with Crippen molar-refractivity contribution in [3.05, 3.63) is 28.2 Å². The number of rotatable bonds is 4. The Kier molecular flexibility index (Phi) is 4.32. The van der Waals surface area contributed by atoms with Crippen molar-refractivity contribution in [2.24, 2.45) is 17.8 Å². The molecular formula is C18H21Cl2NOS. The Bertz CT molecular complexity index is 578. The standard InChI is InChI=1S/C18H21Cl2NOS/c19-14-2-1-3-15(20)17(14)23-10-16(22)21-18-7-11-4-12(8-18)6-13(5-11)9-18/h1-3,11-13H,4-10H2,(H,21,22). The molecule has 1 aromatic carbocycles. The summed E-state index contributed by atoms with van der Waals surface area (Å²) in [5.41, 5.74) is 0.0800. The molecular weight excluding hydrogens is 349 g/mol. The van der Waals surface area contributed by atoms with Crippen molar-refractivity contribution in [1.82, 2.24) is 5.32 Å². The smallest absolute Gasteiger partial charge is 0.230 e. The molecule has 1 N–H and O–H groups in total. The molecule has 4 aliphatic carbocycles. The van der Waals surface area contributed by atoms with Crippen LogP contribution in [0.5, 0.6) is 0 Å². The van der Waals surface area contributed by atoms with Crippen LogP contribution < -0.4 is 5.32 Å². The summed E-state index contributed by atoms with van der Waals surface area (Å²) in [4.78, 5) is 13.3. The molecule has 4 aliphatic rings. The van der Waals surface area contributed by atoms with Crippen LogP contribution in [0.3, 0.4) is 0 Å². The molecule has 1 amide bonds. The van der Waals surface area contributed by atoms with Gasteiger partial charge in [0.1, 0.15) is 0 Å². The average Bonchev–Trinajstić information content (AvgIpc) is 2.44. The van der Waals surface area contributed by atoms with E-state index in [4.69, 9.17) is 23.2 Å². The van der Waals surface area contributed by atoms with Crippen molar-refractivity contribution in [2.45, 2.75) is 49.0 Å². The van der Waals surface area contributed by atoms with Crippen LogP contribution in [-0.4, -0.2) is 17.2 Å². The van der Waals surface area contributed by atoms with Crippen molar-refractivity contribution in [3.63, 3.8) is 0 Å². The van der Waals surface area contributed by atoms with Gasteiger partial charge in [-0.05, 0) is 68.4 Å². The van der Waals surface area contributed by atoms with Crippen LogP contribution >= 0.6 is 35.0 Å². The number of hydrogen-bond acceptors (Lipinski definition) is 2. The summed E-state index contributed by atoms with van der Waals surface area (Å²) in [6.07, 6.45) is 7.71. The van der Waals surface area contributed by atoms with Crippen LogP contribution in [-0.2, 0) is 4.79 Å². The number of halogens is 2. The summed E-state index contributed by atoms with van der Waals surface area (Å²) in [7, 11) is 0. The van der Waals surface area contributed by atoms with Gasteiger partial charge in [0.05, 0.1) is 15.8 Å². The van der Waals surface area contributed by atoms with E-state index in [1.54, 1.807) is 0 Å². The molecule has 0 radical (unpaired) electrons. The van der Waals surface area contributed by atoms with E-state index < -0.39 is 0 Å². The minimum Gasteiger partial charge on any atom is -0.350 e. The quantitative estimate of drug-likeness (QED) is 0.741. The van der Waals surface area contributed by atoms with Crippen molar-refractivity contribution in [3.8, 4) is 0 Å². The normalized spacial score (nSPS) is 34.6. The fourth-order valence-electron chi connectivity index (χ4n) is 5.35. The molecule has 0 saturated heterocycles. The Balaban J connectivity index is 1.39. The van der Waals surface area contributed by atoms with Gasteiger partial charge in [0.15, 0.2) is 0 Å². The highest BCUT2D eigenvalue weighted by atomic mass is 35.5. The molecule has 0 spiro atoms. The van der Waals surface area contributed by atoms with E-state index in [9.17, 15) is 4.79 Å². The zero-order valence-electron chi connectivity index (χ0n) is 13.0. The molecule has 5 heteroatoms. The third-order valence-electron chi connectivity index (χ3n) is 5.71. The molecule has 2 nitrogen and oxygen atoms in total. The van der Waals surface area contributed by atoms with E-state index in [0.29, 0.717) is 15.8 Å². The van der Waals surface area contributed by atoms with Gasteiger partial charge in [-0.3, -0.25) is 4.79 Å². The Labute approximate surface area is 151 Å². The summed E-state index contributed by atoms with van der Waals surface area (Å²) >= 11 is 13.8.